The van der Waals surface area contributed by atoms with Gasteiger partial charge in [0.05, 0.1) is 0 Å². The smallest absolute Gasteiger partial charge is 0.0246 e. The van der Waals surface area contributed by atoms with Gasteiger partial charge in [-0.2, -0.15) is 0 Å². The summed E-state index contributed by atoms with van der Waals surface area (Å²) in [5, 5.41) is 3.19. The molecular weight excluding hydrogens is 146 g/mol. The molecule has 2 nitrogen and oxygen atoms in total. The maximum atomic E-state index is 10.9. The van der Waals surface area contributed by atoms with E-state index in [1.165, 1.54) is 0 Å². The predicted octanol–water partition coefficient (Wildman–Crippen LogP) is 0.755. The van der Waals surface area contributed by atoms with Gasteiger partial charge >= 0.3 is 0 Å². The lowest BCUT2D eigenvalue weighted by atomic mass is 10.5. The average Bonchev–Trinajstić information content (AvgIpc) is 1.98. The van der Waals surface area contributed by atoms with E-state index in [2.05, 4.69) is 12.2 Å². The Bertz CT molecular complexity index is 95.6. The average molecular weight is 163 g/mol. The van der Waals surface area contributed by atoms with Crippen LogP contribution < -0.4 is 5.32 Å². The molecule has 0 saturated carbocycles. The van der Waals surface area contributed by atoms with Gasteiger partial charge in [-0.15, -0.1) is 0 Å². The van der Waals surface area contributed by atoms with Crippen molar-refractivity contribution >= 4 is 10.8 Å². The van der Waals surface area contributed by atoms with Crippen molar-refractivity contribution in [3.05, 3.63) is 0 Å². The zero-order chi connectivity index (χ0) is 7.82. The first-order valence-corrected chi connectivity index (χ1v) is 5.35. The summed E-state index contributed by atoms with van der Waals surface area (Å²) in [6.45, 7) is 6.06. The van der Waals surface area contributed by atoms with Gasteiger partial charge in [-0.25, -0.2) is 0 Å². The van der Waals surface area contributed by atoms with Gasteiger partial charge in [0.25, 0.3) is 0 Å². The molecule has 0 bridgehead atoms. The van der Waals surface area contributed by atoms with Crippen molar-refractivity contribution in [2.45, 2.75) is 20.3 Å². The molecule has 1 N–H and O–H groups in total. The van der Waals surface area contributed by atoms with Crippen LogP contribution in [0.5, 0.6) is 0 Å². The SMILES string of the molecule is CCNCCCS(=O)CC. The fourth-order valence-corrected chi connectivity index (χ4v) is 1.43. The van der Waals surface area contributed by atoms with Crippen LogP contribution >= 0.6 is 0 Å². The van der Waals surface area contributed by atoms with Gasteiger partial charge in [-0.05, 0) is 19.5 Å². The molecule has 0 rings (SSSR count). The molecule has 0 spiro atoms. The van der Waals surface area contributed by atoms with Gasteiger partial charge < -0.3 is 5.32 Å². The monoisotopic (exact) mass is 163 g/mol. The van der Waals surface area contributed by atoms with Crippen LogP contribution in [0.4, 0.5) is 0 Å². The van der Waals surface area contributed by atoms with Gasteiger partial charge in [0.1, 0.15) is 0 Å². The molecule has 10 heavy (non-hydrogen) atoms. The quantitative estimate of drug-likeness (QED) is 0.586. The number of nitrogens with one attached hydrogen (secondary N) is 1. The molecule has 1 atom stereocenters. The fraction of sp³-hybridized carbons (Fsp3) is 1.00. The van der Waals surface area contributed by atoms with Gasteiger partial charge in [0, 0.05) is 22.3 Å². The highest BCUT2D eigenvalue weighted by molar-refractivity contribution is 7.84. The van der Waals surface area contributed by atoms with Crippen LogP contribution in [0.15, 0.2) is 0 Å². The molecule has 0 radical (unpaired) electrons. The van der Waals surface area contributed by atoms with Gasteiger partial charge in [-0.3, -0.25) is 4.21 Å². The second-order valence-electron chi connectivity index (χ2n) is 2.14. The molecule has 0 aromatic carbocycles. The van der Waals surface area contributed by atoms with Crippen molar-refractivity contribution in [3.8, 4) is 0 Å². The van der Waals surface area contributed by atoms with Crippen LogP contribution in [0.1, 0.15) is 20.3 Å². The molecule has 3 heteroatoms. The first kappa shape index (κ1) is 10.1. The summed E-state index contributed by atoms with van der Waals surface area (Å²) < 4.78 is 10.9. The van der Waals surface area contributed by atoms with E-state index in [4.69, 9.17) is 0 Å². The molecule has 0 aliphatic heterocycles. The molecule has 1 unspecified atom stereocenters. The fourth-order valence-electron chi connectivity index (χ4n) is 0.679. The highest BCUT2D eigenvalue weighted by Crippen LogP contribution is 1.85. The minimum Gasteiger partial charge on any atom is -0.317 e. The standard InChI is InChI=1S/C7H17NOS/c1-3-8-6-5-7-10(9)4-2/h8H,3-7H2,1-2H3. The topological polar surface area (TPSA) is 29.1 Å². The van der Waals surface area contributed by atoms with E-state index in [0.29, 0.717) is 0 Å². The summed E-state index contributed by atoms with van der Waals surface area (Å²) >= 11 is 0. The molecule has 0 saturated heterocycles. The van der Waals surface area contributed by atoms with E-state index in [0.717, 1.165) is 31.0 Å². The Hall–Kier alpha value is 0.110. The summed E-state index contributed by atoms with van der Waals surface area (Å²) in [4.78, 5) is 0. The Labute approximate surface area is 65.9 Å². The third kappa shape index (κ3) is 6.23. The van der Waals surface area contributed by atoms with E-state index < -0.39 is 10.8 Å². The lowest BCUT2D eigenvalue weighted by molar-refractivity contribution is 0.670. The highest BCUT2D eigenvalue weighted by Gasteiger charge is 1.93. The first-order chi connectivity index (χ1) is 4.81. The van der Waals surface area contributed by atoms with E-state index in [1.54, 1.807) is 0 Å². The van der Waals surface area contributed by atoms with E-state index in [9.17, 15) is 4.21 Å². The lowest BCUT2D eigenvalue weighted by Gasteiger charge is -1.99. The largest absolute Gasteiger partial charge is 0.317 e. The van der Waals surface area contributed by atoms with Crippen LogP contribution in [0.3, 0.4) is 0 Å². The number of hydrogen-bond donors (Lipinski definition) is 1. The Morgan fingerprint density at radius 3 is 2.60 bits per heavy atom. The van der Waals surface area contributed by atoms with E-state index >= 15 is 0 Å². The van der Waals surface area contributed by atoms with E-state index in [-0.39, 0.29) is 0 Å². The van der Waals surface area contributed by atoms with Gasteiger partial charge in [-0.1, -0.05) is 13.8 Å². The molecule has 0 aromatic rings. The summed E-state index contributed by atoms with van der Waals surface area (Å²) in [7, 11) is -0.570. The van der Waals surface area contributed by atoms with Crippen molar-refractivity contribution in [3.63, 3.8) is 0 Å². The summed E-state index contributed by atoms with van der Waals surface area (Å²) in [6, 6.07) is 0. The molecule has 0 aliphatic rings. The third-order valence-corrected chi connectivity index (χ3v) is 2.69. The van der Waals surface area contributed by atoms with Gasteiger partial charge in [0.15, 0.2) is 0 Å². The molecular formula is C7H17NOS. The summed E-state index contributed by atoms with van der Waals surface area (Å²) in [6.07, 6.45) is 1.04. The minimum atomic E-state index is -0.570. The molecule has 0 amide bonds. The Morgan fingerprint density at radius 1 is 1.40 bits per heavy atom. The van der Waals surface area contributed by atoms with Crippen molar-refractivity contribution in [2.24, 2.45) is 0 Å². The zero-order valence-electron chi connectivity index (χ0n) is 6.85. The minimum absolute atomic E-state index is 0.570. The van der Waals surface area contributed by atoms with Crippen molar-refractivity contribution in [1.29, 1.82) is 0 Å². The molecule has 0 fully saturated rings. The maximum Gasteiger partial charge on any atom is 0.0246 e. The van der Waals surface area contributed by atoms with Crippen molar-refractivity contribution < 1.29 is 4.21 Å². The van der Waals surface area contributed by atoms with Crippen LogP contribution in [0.2, 0.25) is 0 Å². The predicted molar refractivity (Wildman–Crippen MR) is 46.7 cm³/mol. The molecule has 0 aromatic heterocycles. The Morgan fingerprint density at radius 2 is 2.10 bits per heavy atom. The molecule has 62 valence electrons. The van der Waals surface area contributed by atoms with E-state index in [1.807, 2.05) is 6.92 Å². The molecule has 0 aliphatic carbocycles. The second-order valence-corrected chi connectivity index (χ2v) is 4.00. The molecule has 0 heterocycles. The zero-order valence-corrected chi connectivity index (χ0v) is 7.67. The Kier molecular flexibility index (Phi) is 7.30. The normalized spacial score (nSPS) is 13.4. The maximum absolute atomic E-state index is 10.9. The number of rotatable bonds is 6. The second kappa shape index (κ2) is 7.22. The van der Waals surface area contributed by atoms with Crippen LogP contribution in [0.25, 0.3) is 0 Å². The lowest BCUT2D eigenvalue weighted by Crippen LogP contribution is -2.16. The van der Waals surface area contributed by atoms with Gasteiger partial charge in [0.2, 0.25) is 0 Å². The van der Waals surface area contributed by atoms with Crippen LogP contribution in [-0.2, 0) is 10.8 Å². The Balaban J connectivity index is 2.96. The van der Waals surface area contributed by atoms with Crippen LogP contribution in [0, 0.1) is 0 Å². The summed E-state index contributed by atoms with van der Waals surface area (Å²) in [5.74, 6) is 1.65. The third-order valence-electron chi connectivity index (χ3n) is 1.30. The summed E-state index contributed by atoms with van der Waals surface area (Å²) in [5.41, 5.74) is 0. The van der Waals surface area contributed by atoms with Crippen molar-refractivity contribution in [2.75, 3.05) is 24.6 Å². The number of hydrogen-bond acceptors (Lipinski definition) is 2. The first-order valence-electron chi connectivity index (χ1n) is 3.87. The highest BCUT2D eigenvalue weighted by atomic mass is 32.2. The van der Waals surface area contributed by atoms with Crippen LogP contribution in [-0.4, -0.2) is 28.8 Å². The van der Waals surface area contributed by atoms with Crippen molar-refractivity contribution in [1.82, 2.24) is 5.32 Å².